The van der Waals surface area contributed by atoms with Crippen LogP contribution in [-0.4, -0.2) is 55.4 Å². The average Bonchev–Trinajstić information content (AvgIpc) is 2.83. The molecule has 0 spiro atoms. The van der Waals surface area contributed by atoms with Crippen LogP contribution in [0.5, 0.6) is 0 Å². The van der Waals surface area contributed by atoms with E-state index in [4.69, 9.17) is 25.6 Å². The smallest absolute Gasteiger partial charge is 0.330 e. The SMILES string of the molecule is CCOC(=O)C(C)(C)N[PH](=O)OC[C@H]1O[C@@H](n2ccc(=O)[nH]c2=O)[C@](Cl)(Br)[C@@H]1O. The van der Waals surface area contributed by atoms with E-state index in [1.165, 1.54) is 20.0 Å². The van der Waals surface area contributed by atoms with Gasteiger partial charge in [0.1, 0.15) is 17.7 Å². The third kappa shape index (κ3) is 5.57. The Bertz CT molecular complexity index is 889. The highest BCUT2D eigenvalue weighted by molar-refractivity contribution is 9.10. The van der Waals surface area contributed by atoms with Crippen molar-refractivity contribution in [1.82, 2.24) is 14.6 Å². The minimum Gasteiger partial charge on any atom is -0.465 e. The lowest BCUT2D eigenvalue weighted by molar-refractivity contribution is -0.149. The molecule has 1 fully saturated rings. The molecule has 0 bridgehead atoms. The third-order valence-electron chi connectivity index (χ3n) is 4.06. The van der Waals surface area contributed by atoms with E-state index in [0.29, 0.717) is 0 Å². The maximum Gasteiger partial charge on any atom is 0.330 e. The van der Waals surface area contributed by atoms with Crippen molar-refractivity contribution in [2.75, 3.05) is 13.2 Å². The van der Waals surface area contributed by atoms with Gasteiger partial charge in [-0.25, -0.2) is 9.88 Å². The lowest BCUT2D eigenvalue weighted by Crippen LogP contribution is -2.44. The van der Waals surface area contributed by atoms with Crippen LogP contribution in [0.1, 0.15) is 27.0 Å². The van der Waals surface area contributed by atoms with Gasteiger partial charge in [0.15, 0.2) is 10.0 Å². The molecule has 5 atom stereocenters. The Labute approximate surface area is 179 Å². The summed E-state index contributed by atoms with van der Waals surface area (Å²) in [6.07, 6.45) is -2.44. The number of hydrogen-bond donors (Lipinski definition) is 3. The number of ether oxygens (including phenoxy) is 2. The summed E-state index contributed by atoms with van der Waals surface area (Å²) < 4.78 is 27.3. The largest absolute Gasteiger partial charge is 0.465 e. The maximum absolute atomic E-state index is 12.2. The fraction of sp³-hybridized carbons (Fsp3) is 0.667. The fourth-order valence-electron chi connectivity index (χ4n) is 2.53. The topological polar surface area (TPSA) is 149 Å². The number of nitrogens with one attached hydrogen (secondary N) is 2. The molecule has 1 aliphatic heterocycles. The zero-order chi connectivity index (χ0) is 22.0. The van der Waals surface area contributed by atoms with Crippen molar-refractivity contribution in [2.24, 2.45) is 0 Å². The van der Waals surface area contributed by atoms with E-state index in [0.717, 1.165) is 10.6 Å². The molecule has 0 saturated carbocycles. The van der Waals surface area contributed by atoms with Crippen molar-refractivity contribution in [3.8, 4) is 0 Å². The summed E-state index contributed by atoms with van der Waals surface area (Å²) in [4.78, 5) is 37.1. The highest BCUT2D eigenvalue weighted by Gasteiger charge is 2.55. The molecule has 2 rings (SSSR count). The Morgan fingerprint density at radius 3 is 2.79 bits per heavy atom. The molecule has 0 aliphatic carbocycles. The monoisotopic (exact) mass is 517 g/mol. The molecule has 14 heteroatoms. The van der Waals surface area contributed by atoms with Crippen LogP contribution in [0.3, 0.4) is 0 Å². The van der Waals surface area contributed by atoms with Crippen molar-refractivity contribution in [3.05, 3.63) is 33.1 Å². The molecular formula is C15H22BrClN3O8P. The quantitative estimate of drug-likeness (QED) is 0.253. The Hall–Kier alpha value is -1.01. The zero-order valence-electron chi connectivity index (χ0n) is 15.8. The van der Waals surface area contributed by atoms with Gasteiger partial charge in [0.05, 0.1) is 13.2 Å². The molecule has 0 amide bonds. The molecule has 3 N–H and O–H groups in total. The van der Waals surface area contributed by atoms with Gasteiger partial charge in [-0.2, -0.15) is 0 Å². The molecule has 1 aromatic rings. The van der Waals surface area contributed by atoms with E-state index in [-0.39, 0.29) is 13.2 Å². The van der Waals surface area contributed by atoms with Gasteiger partial charge in [0.2, 0.25) is 0 Å². The molecule has 0 aromatic carbocycles. The van der Waals surface area contributed by atoms with Crippen LogP contribution >= 0.6 is 35.7 Å². The second-order valence-electron chi connectivity index (χ2n) is 6.73. The number of alkyl halides is 2. The van der Waals surface area contributed by atoms with Crippen molar-refractivity contribution in [3.63, 3.8) is 0 Å². The van der Waals surface area contributed by atoms with Gasteiger partial charge in [-0.1, -0.05) is 27.5 Å². The molecule has 0 radical (unpaired) electrons. The minimum atomic E-state index is -2.92. The van der Waals surface area contributed by atoms with Crippen LogP contribution in [0.25, 0.3) is 0 Å². The number of aliphatic hydroxyl groups is 1. The summed E-state index contributed by atoms with van der Waals surface area (Å²) in [5.74, 6) is -0.600. The lowest BCUT2D eigenvalue weighted by Gasteiger charge is -2.24. The summed E-state index contributed by atoms with van der Waals surface area (Å²) >= 11 is 9.44. The van der Waals surface area contributed by atoms with E-state index < -0.39 is 53.2 Å². The van der Waals surface area contributed by atoms with E-state index in [2.05, 4.69) is 26.0 Å². The number of H-pyrrole nitrogens is 1. The molecule has 1 saturated heterocycles. The molecule has 164 valence electrons. The highest BCUT2D eigenvalue weighted by atomic mass is 79.9. The van der Waals surface area contributed by atoms with E-state index in [1.807, 2.05) is 0 Å². The number of aliphatic hydroxyl groups excluding tert-OH is 1. The first-order valence-corrected chi connectivity index (χ1v) is 11.0. The fourth-order valence-corrected chi connectivity index (χ4v) is 4.45. The third-order valence-corrected chi connectivity index (χ3v) is 6.59. The Morgan fingerprint density at radius 1 is 1.55 bits per heavy atom. The van der Waals surface area contributed by atoms with Crippen LogP contribution in [0.2, 0.25) is 0 Å². The van der Waals surface area contributed by atoms with Gasteiger partial charge >= 0.3 is 11.7 Å². The number of carbonyl (C=O) groups is 1. The zero-order valence-corrected chi connectivity index (χ0v) is 19.2. The van der Waals surface area contributed by atoms with Gasteiger partial charge in [0.25, 0.3) is 13.7 Å². The lowest BCUT2D eigenvalue weighted by atomic mass is 10.1. The van der Waals surface area contributed by atoms with Crippen LogP contribution in [0, 0.1) is 0 Å². The summed E-state index contributed by atoms with van der Waals surface area (Å²) in [6.45, 7) is 4.44. The first-order chi connectivity index (χ1) is 13.4. The molecule has 29 heavy (non-hydrogen) atoms. The van der Waals surface area contributed by atoms with Gasteiger partial charge in [-0.3, -0.25) is 23.7 Å². The number of aromatic nitrogens is 2. The number of esters is 1. The molecule has 1 aromatic heterocycles. The predicted molar refractivity (Wildman–Crippen MR) is 108 cm³/mol. The predicted octanol–water partition coefficient (Wildman–Crippen LogP) is 0.462. The number of carbonyl (C=O) groups excluding carboxylic acids is 1. The number of hydrogen-bond acceptors (Lipinski definition) is 8. The van der Waals surface area contributed by atoms with Gasteiger partial charge in [-0.05, 0) is 20.8 Å². The summed E-state index contributed by atoms with van der Waals surface area (Å²) in [7, 11) is -2.92. The summed E-state index contributed by atoms with van der Waals surface area (Å²) in [5, 5.41) is 13.0. The van der Waals surface area contributed by atoms with Gasteiger partial charge in [0, 0.05) is 12.3 Å². The van der Waals surface area contributed by atoms with Crippen molar-refractivity contribution >= 4 is 41.7 Å². The van der Waals surface area contributed by atoms with Gasteiger partial charge in [-0.15, -0.1) is 0 Å². The Kier molecular flexibility index (Phi) is 7.88. The van der Waals surface area contributed by atoms with Crippen molar-refractivity contribution in [1.29, 1.82) is 0 Å². The normalized spacial score (nSPS) is 28.3. The van der Waals surface area contributed by atoms with E-state index >= 15 is 0 Å². The standard InChI is InChI=1S/C15H22BrClN3O8P/c1-4-26-12(23)14(2,3)19-29(25)27-7-8-10(22)15(16,17)11(28-8)20-6-5-9(21)18-13(20)24/h5-6,8,10-11,22,29H,4,7H2,1-3H3,(H,19,25)(H,18,21,24)/t8-,10-,11-,15+/m1/s1. The van der Waals surface area contributed by atoms with Crippen molar-refractivity contribution in [2.45, 2.75) is 48.5 Å². The second-order valence-corrected chi connectivity index (χ2v) is 10.2. The Balaban J connectivity index is 2.05. The second kappa shape index (κ2) is 9.42. The number of nitrogens with zero attached hydrogens (tertiary/aromatic N) is 1. The van der Waals surface area contributed by atoms with Crippen LogP contribution in [-0.2, 0) is 23.4 Å². The first kappa shape index (κ1) is 24.3. The van der Waals surface area contributed by atoms with Crippen molar-refractivity contribution < 1.29 is 28.5 Å². The average molecular weight is 519 g/mol. The van der Waals surface area contributed by atoms with Crippen LogP contribution < -0.4 is 16.3 Å². The first-order valence-electron chi connectivity index (χ1n) is 8.55. The van der Waals surface area contributed by atoms with Crippen LogP contribution in [0.4, 0.5) is 0 Å². The van der Waals surface area contributed by atoms with E-state index in [9.17, 15) is 24.1 Å². The Morgan fingerprint density at radius 2 is 2.21 bits per heavy atom. The molecule has 11 nitrogen and oxygen atoms in total. The van der Waals surface area contributed by atoms with Crippen LogP contribution in [0.15, 0.2) is 21.9 Å². The number of halogens is 2. The highest BCUT2D eigenvalue weighted by Crippen LogP contribution is 2.47. The number of rotatable bonds is 8. The maximum atomic E-state index is 12.2. The molecule has 2 heterocycles. The molecular weight excluding hydrogens is 497 g/mol. The molecule has 1 unspecified atom stereocenters. The number of aromatic amines is 1. The summed E-state index contributed by atoms with van der Waals surface area (Å²) in [6, 6.07) is 1.10. The summed E-state index contributed by atoms with van der Waals surface area (Å²) in [5.41, 5.74) is -2.64. The van der Waals surface area contributed by atoms with E-state index in [1.54, 1.807) is 6.92 Å². The van der Waals surface area contributed by atoms with Gasteiger partial charge < -0.3 is 19.1 Å². The minimum absolute atomic E-state index is 0.169. The molecule has 1 aliphatic rings.